The van der Waals surface area contributed by atoms with E-state index in [4.69, 9.17) is 32.7 Å². The SMILES string of the molecule is COc1ccccc1OCCCn1c(O)c(N=O)c2ccc(Cl)c(Cl)c21. The van der Waals surface area contributed by atoms with Gasteiger partial charge in [-0.25, -0.2) is 0 Å². The molecule has 136 valence electrons. The number of nitrogens with zero attached hydrogens (tertiary/aromatic N) is 2. The first-order valence-corrected chi connectivity index (χ1v) is 8.62. The molecule has 0 aliphatic rings. The number of fused-ring (bicyclic) bond motifs is 1. The molecule has 0 atom stereocenters. The lowest BCUT2D eigenvalue weighted by Crippen LogP contribution is -2.05. The van der Waals surface area contributed by atoms with Gasteiger partial charge in [0.1, 0.15) is 0 Å². The molecule has 2 aromatic carbocycles. The van der Waals surface area contributed by atoms with E-state index in [-0.39, 0.29) is 16.6 Å². The van der Waals surface area contributed by atoms with Crippen molar-refractivity contribution < 1.29 is 14.6 Å². The molecule has 0 fully saturated rings. The van der Waals surface area contributed by atoms with E-state index in [0.717, 1.165) is 0 Å². The van der Waals surface area contributed by atoms with Gasteiger partial charge in [0.2, 0.25) is 5.88 Å². The summed E-state index contributed by atoms with van der Waals surface area (Å²) < 4.78 is 12.5. The van der Waals surface area contributed by atoms with Gasteiger partial charge in [-0.2, -0.15) is 0 Å². The number of hydrogen-bond donors (Lipinski definition) is 1. The standard InChI is InChI=1S/C18H16Cl2N2O4/c1-25-13-5-2-3-6-14(13)26-10-4-9-22-17-11(16(21-24)18(22)23)7-8-12(19)15(17)20/h2-3,5-8,23H,4,9-10H2,1H3. The molecule has 8 heteroatoms. The summed E-state index contributed by atoms with van der Waals surface area (Å²) in [5.41, 5.74) is 0.424. The summed E-state index contributed by atoms with van der Waals surface area (Å²) in [4.78, 5) is 11.1. The lowest BCUT2D eigenvalue weighted by molar-refractivity contribution is 0.280. The fourth-order valence-corrected chi connectivity index (χ4v) is 3.22. The first-order chi connectivity index (χ1) is 12.6. The molecule has 0 saturated carbocycles. The Hall–Kier alpha value is -2.44. The van der Waals surface area contributed by atoms with Gasteiger partial charge in [-0.05, 0) is 35.9 Å². The first kappa shape index (κ1) is 18.4. The molecular formula is C18H16Cl2N2O4. The number of halogens is 2. The molecule has 0 bridgehead atoms. The van der Waals surface area contributed by atoms with Crippen molar-refractivity contribution in [2.45, 2.75) is 13.0 Å². The van der Waals surface area contributed by atoms with E-state index in [0.29, 0.717) is 47.0 Å². The van der Waals surface area contributed by atoms with Crippen molar-refractivity contribution in [2.75, 3.05) is 13.7 Å². The van der Waals surface area contributed by atoms with Crippen LogP contribution in [0.2, 0.25) is 10.0 Å². The summed E-state index contributed by atoms with van der Waals surface area (Å²) in [7, 11) is 1.58. The first-order valence-electron chi connectivity index (χ1n) is 7.86. The number of benzene rings is 2. The largest absolute Gasteiger partial charge is 0.493 e. The van der Waals surface area contributed by atoms with E-state index >= 15 is 0 Å². The van der Waals surface area contributed by atoms with Crippen LogP contribution in [0.15, 0.2) is 41.6 Å². The zero-order valence-electron chi connectivity index (χ0n) is 13.9. The van der Waals surface area contributed by atoms with Crippen LogP contribution in [0.5, 0.6) is 17.4 Å². The summed E-state index contributed by atoms with van der Waals surface area (Å²) in [6.07, 6.45) is 0.552. The Morgan fingerprint density at radius 1 is 1.15 bits per heavy atom. The monoisotopic (exact) mass is 394 g/mol. The maximum atomic E-state index is 11.1. The third-order valence-electron chi connectivity index (χ3n) is 4.01. The van der Waals surface area contributed by atoms with Gasteiger partial charge in [0.05, 0.1) is 29.3 Å². The Morgan fingerprint density at radius 2 is 1.88 bits per heavy atom. The van der Waals surface area contributed by atoms with Crippen molar-refractivity contribution in [1.29, 1.82) is 0 Å². The van der Waals surface area contributed by atoms with Crippen LogP contribution in [-0.4, -0.2) is 23.4 Å². The minimum atomic E-state index is -0.239. The van der Waals surface area contributed by atoms with Gasteiger partial charge in [-0.1, -0.05) is 35.3 Å². The molecule has 26 heavy (non-hydrogen) atoms. The average molecular weight is 395 g/mol. The minimum absolute atomic E-state index is 0.0517. The van der Waals surface area contributed by atoms with E-state index in [9.17, 15) is 10.0 Å². The number of ether oxygens (including phenoxy) is 2. The van der Waals surface area contributed by atoms with Gasteiger partial charge in [0, 0.05) is 11.9 Å². The zero-order valence-corrected chi connectivity index (χ0v) is 15.4. The van der Waals surface area contributed by atoms with Crippen LogP contribution in [0.3, 0.4) is 0 Å². The molecule has 1 N–H and O–H groups in total. The molecule has 0 radical (unpaired) electrons. The van der Waals surface area contributed by atoms with Crippen LogP contribution in [-0.2, 0) is 6.54 Å². The highest BCUT2D eigenvalue weighted by atomic mass is 35.5. The molecule has 1 aromatic heterocycles. The number of hydrogen-bond acceptors (Lipinski definition) is 5. The molecule has 0 amide bonds. The highest BCUT2D eigenvalue weighted by Gasteiger charge is 2.20. The van der Waals surface area contributed by atoms with Gasteiger partial charge in [0.25, 0.3) is 0 Å². The van der Waals surface area contributed by atoms with Crippen molar-refractivity contribution in [3.8, 4) is 17.4 Å². The summed E-state index contributed by atoms with van der Waals surface area (Å²) in [5, 5.41) is 14.3. The number of para-hydroxylation sites is 2. The number of methoxy groups -OCH3 is 1. The van der Waals surface area contributed by atoms with Crippen molar-refractivity contribution in [2.24, 2.45) is 5.18 Å². The van der Waals surface area contributed by atoms with Gasteiger partial charge < -0.3 is 19.1 Å². The van der Waals surface area contributed by atoms with E-state index in [1.54, 1.807) is 19.2 Å². The molecule has 0 spiro atoms. The molecule has 3 rings (SSSR count). The quantitative estimate of drug-likeness (QED) is 0.422. The topological polar surface area (TPSA) is 73.1 Å². The third kappa shape index (κ3) is 3.30. The normalized spacial score (nSPS) is 10.9. The second-order valence-corrected chi connectivity index (χ2v) is 6.31. The Kier molecular flexibility index (Phi) is 5.54. The summed E-state index contributed by atoms with van der Waals surface area (Å²) in [5.74, 6) is 1.04. The third-order valence-corrected chi connectivity index (χ3v) is 4.80. The fourth-order valence-electron chi connectivity index (χ4n) is 2.80. The second kappa shape index (κ2) is 7.85. The maximum absolute atomic E-state index is 11.1. The van der Waals surface area contributed by atoms with E-state index in [2.05, 4.69) is 5.18 Å². The van der Waals surface area contributed by atoms with Crippen LogP contribution in [0.4, 0.5) is 5.69 Å². The van der Waals surface area contributed by atoms with Crippen LogP contribution >= 0.6 is 23.2 Å². The highest BCUT2D eigenvalue weighted by molar-refractivity contribution is 6.45. The molecule has 1 heterocycles. The molecule has 6 nitrogen and oxygen atoms in total. The Labute approximate surface area is 159 Å². The average Bonchev–Trinajstić information content (AvgIpc) is 2.93. The number of nitroso groups, excluding NO2 is 1. The lowest BCUT2D eigenvalue weighted by atomic mass is 10.2. The minimum Gasteiger partial charge on any atom is -0.493 e. The van der Waals surface area contributed by atoms with Gasteiger partial charge in [-0.3, -0.25) is 0 Å². The Balaban J connectivity index is 1.80. The zero-order chi connectivity index (χ0) is 18.7. The second-order valence-electron chi connectivity index (χ2n) is 5.53. The number of aryl methyl sites for hydroxylation is 1. The van der Waals surface area contributed by atoms with Gasteiger partial charge in [-0.15, -0.1) is 4.91 Å². The summed E-state index contributed by atoms with van der Waals surface area (Å²) in [6, 6.07) is 10.5. The van der Waals surface area contributed by atoms with E-state index < -0.39 is 0 Å². The Morgan fingerprint density at radius 3 is 2.58 bits per heavy atom. The predicted molar refractivity (Wildman–Crippen MR) is 102 cm³/mol. The van der Waals surface area contributed by atoms with Crippen molar-refractivity contribution in [3.05, 3.63) is 51.4 Å². The van der Waals surface area contributed by atoms with Crippen LogP contribution < -0.4 is 9.47 Å². The van der Waals surface area contributed by atoms with Crippen molar-refractivity contribution in [3.63, 3.8) is 0 Å². The number of rotatable bonds is 7. The molecule has 0 aliphatic heterocycles. The lowest BCUT2D eigenvalue weighted by Gasteiger charge is -2.12. The predicted octanol–water partition coefficient (Wildman–Crippen LogP) is 5.53. The molecular weight excluding hydrogens is 379 g/mol. The number of aromatic nitrogens is 1. The summed E-state index contributed by atoms with van der Waals surface area (Å²) in [6.45, 7) is 0.745. The van der Waals surface area contributed by atoms with Crippen molar-refractivity contribution in [1.82, 2.24) is 4.57 Å². The maximum Gasteiger partial charge on any atom is 0.222 e. The molecule has 0 saturated heterocycles. The van der Waals surface area contributed by atoms with Crippen LogP contribution in [0.25, 0.3) is 10.9 Å². The van der Waals surface area contributed by atoms with E-state index in [1.165, 1.54) is 4.57 Å². The Bertz CT molecular complexity index is 956. The van der Waals surface area contributed by atoms with Crippen LogP contribution in [0, 0.1) is 4.91 Å². The van der Waals surface area contributed by atoms with Crippen molar-refractivity contribution >= 4 is 39.8 Å². The highest BCUT2D eigenvalue weighted by Crippen LogP contribution is 2.43. The van der Waals surface area contributed by atoms with Crippen LogP contribution in [0.1, 0.15) is 6.42 Å². The molecule has 0 unspecified atom stereocenters. The summed E-state index contributed by atoms with van der Waals surface area (Å²) >= 11 is 12.3. The number of aromatic hydroxyl groups is 1. The fraction of sp³-hybridized carbons (Fsp3) is 0.222. The molecule has 3 aromatic rings. The van der Waals surface area contributed by atoms with Gasteiger partial charge in [0.15, 0.2) is 17.2 Å². The molecule has 0 aliphatic carbocycles. The van der Waals surface area contributed by atoms with E-state index in [1.807, 2.05) is 24.3 Å². The smallest absolute Gasteiger partial charge is 0.222 e. The van der Waals surface area contributed by atoms with Gasteiger partial charge >= 0.3 is 0 Å².